The largest absolute Gasteiger partial charge is 0.491 e. The molecule has 10 nitrogen and oxygen atoms in total. The molecular weight excluding hydrogens is 568 g/mol. The molecule has 2 amide bonds. The van der Waals surface area contributed by atoms with Crippen molar-refractivity contribution in [3.8, 4) is 0 Å². The summed E-state index contributed by atoms with van der Waals surface area (Å²) in [4.78, 5) is 43.8. The molecule has 43 heavy (non-hydrogen) atoms. The van der Waals surface area contributed by atoms with E-state index >= 15 is 0 Å². The summed E-state index contributed by atoms with van der Waals surface area (Å²) >= 11 is 5.98. The summed E-state index contributed by atoms with van der Waals surface area (Å²) in [5.74, 6) is -0.158. The third kappa shape index (κ3) is 8.44. The van der Waals surface area contributed by atoms with E-state index in [-0.39, 0.29) is 30.0 Å². The maximum atomic E-state index is 13.8. The minimum atomic E-state index is -0.510. The van der Waals surface area contributed by atoms with Crippen LogP contribution in [0.2, 0.25) is 0 Å². The molecule has 2 aromatic rings. The number of likely N-dealkylation sites (tertiary alicyclic amines) is 1. The monoisotopic (exact) mass is 606 g/mol. The first-order valence-electron chi connectivity index (χ1n) is 14.4. The Morgan fingerprint density at radius 2 is 1.95 bits per heavy atom. The van der Waals surface area contributed by atoms with Crippen molar-refractivity contribution < 1.29 is 14.3 Å². The number of aromatic nitrogens is 4. The highest BCUT2D eigenvalue weighted by atomic mass is 35.5. The Labute approximate surface area is 257 Å². The molecule has 0 aromatic carbocycles. The number of pyridine rings is 1. The Morgan fingerprint density at radius 1 is 1.21 bits per heavy atom. The molecule has 1 aliphatic carbocycles. The lowest BCUT2D eigenvalue weighted by atomic mass is 9.84. The Bertz CT molecular complexity index is 1520. The van der Waals surface area contributed by atoms with Crippen LogP contribution in [0.3, 0.4) is 0 Å². The molecule has 3 heterocycles. The molecule has 11 heteroatoms. The van der Waals surface area contributed by atoms with Crippen LogP contribution in [0.5, 0.6) is 0 Å². The normalized spacial score (nSPS) is 16.4. The number of rotatable bonds is 12. The SMILES string of the molecule is C=CC(Cl)=CC=C(C)CCNC(=O)c1cc2c(n(CC(=O)N3CC(C)(C)C3)c1=O)CCC=CC=C2OCCn1nccn1. The maximum absolute atomic E-state index is 13.8. The second-order valence-corrected chi connectivity index (χ2v) is 11.9. The molecular formula is C32H39ClN6O4. The van der Waals surface area contributed by atoms with E-state index in [0.717, 1.165) is 5.57 Å². The van der Waals surface area contributed by atoms with Crippen molar-refractivity contribution in [1.29, 1.82) is 0 Å². The minimum absolute atomic E-state index is 0.0421. The molecule has 0 spiro atoms. The van der Waals surface area contributed by atoms with Crippen LogP contribution in [-0.2, 0) is 29.0 Å². The van der Waals surface area contributed by atoms with Crippen LogP contribution in [0.4, 0.5) is 0 Å². The Kier molecular flexibility index (Phi) is 10.6. The van der Waals surface area contributed by atoms with Gasteiger partial charge in [0.05, 0.1) is 18.9 Å². The lowest BCUT2D eigenvalue weighted by molar-refractivity contribution is -0.142. The molecule has 0 bridgehead atoms. The van der Waals surface area contributed by atoms with Gasteiger partial charge in [0, 0.05) is 35.9 Å². The average molecular weight is 607 g/mol. The molecule has 1 aliphatic heterocycles. The third-order valence-electron chi connectivity index (χ3n) is 7.27. The summed E-state index contributed by atoms with van der Waals surface area (Å²) < 4.78 is 7.62. The van der Waals surface area contributed by atoms with Crippen molar-refractivity contribution in [2.45, 2.75) is 53.1 Å². The molecule has 4 rings (SSSR count). The zero-order chi connectivity index (χ0) is 31.0. The van der Waals surface area contributed by atoms with Gasteiger partial charge in [0.1, 0.15) is 24.5 Å². The van der Waals surface area contributed by atoms with Crippen LogP contribution >= 0.6 is 11.6 Å². The summed E-state index contributed by atoms with van der Waals surface area (Å²) in [5.41, 5.74) is 1.78. The summed E-state index contributed by atoms with van der Waals surface area (Å²) in [7, 11) is 0. The van der Waals surface area contributed by atoms with E-state index in [4.69, 9.17) is 16.3 Å². The van der Waals surface area contributed by atoms with Crippen molar-refractivity contribution in [2.75, 3.05) is 26.2 Å². The first kappa shape index (κ1) is 31.7. The van der Waals surface area contributed by atoms with Crippen LogP contribution < -0.4 is 10.9 Å². The summed E-state index contributed by atoms with van der Waals surface area (Å²) in [6, 6.07) is 1.59. The Balaban J connectivity index is 1.63. The zero-order valence-corrected chi connectivity index (χ0v) is 25.8. The van der Waals surface area contributed by atoms with Gasteiger partial charge in [0.15, 0.2) is 0 Å². The van der Waals surface area contributed by atoms with Gasteiger partial charge in [0.2, 0.25) is 5.91 Å². The van der Waals surface area contributed by atoms with Crippen molar-refractivity contribution in [3.05, 3.63) is 99.3 Å². The number of nitrogens with zero attached hydrogens (tertiary/aromatic N) is 5. The average Bonchev–Trinajstić information content (AvgIpc) is 3.47. The molecule has 0 radical (unpaired) electrons. The van der Waals surface area contributed by atoms with E-state index in [9.17, 15) is 14.4 Å². The first-order chi connectivity index (χ1) is 20.6. The van der Waals surface area contributed by atoms with Crippen molar-refractivity contribution in [3.63, 3.8) is 0 Å². The fraction of sp³-hybridized carbons (Fsp3) is 0.406. The van der Waals surface area contributed by atoms with Gasteiger partial charge in [-0.1, -0.05) is 61.9 Å². The Morgan fingerprint density at radius 3 is 2.65 bits per heavy atom. The number of hydrogen-bond acceptors (Lipinski definition) is 6. The quantitative estimate of drug-likeness (QED) is 0.362. The smallest absolute Gasteiger partial charge is 0.264 e. The van der Waals surface area contributed by atoms with Gasteiger partial charge >= 0.3 is 0 Å². The van der Waals surface area contributed by atoms with Crippen LogP contribution in [0, 0.1) is 5.41 Å². The minimum Gasteiger partial charge on any atom is -0.491 e. The molecule has 228 valence electrons. The molecule has 0 saturated carbocycles. The fourth-order valence-electron chi connectivity index (χ4n) is 5.04. The van der Waals surface area contributed by atoms with E-state index in [1.165, 1.54) is 9.36 Å². The van der Waals surface area contributed by atoms with Crippen LogP contribution in [-0.4, -0.2) is 62.5 Å². The van der Waals surface area contributed by atoms with E-state index < -0.39 is 11.5 Å². The number of nitrogens with one attached hydrogen (secondary N) is 1. The maximum Gasteiger partial charge on any atom is 0.264 e. The van der Waals surface area contributed by atoms with E-state index in [1.807, 2.05) is 31.2 Å². The standard InChI is InChI=1S/C32H39ClN6O4/c1-5-24(33)12-11-23(2)13-14-34-30(41)26-19-25-27(38(31(26)42)20-29(40)37-21-32(3,4)22-37)9-7-6-8-10-28(25)43-18-17-39-35-15-16-36-39/h5-6,8,10-12,15-16,19H,1,7,9,13-14,17-18,20-22H2,2-4H3,(H,34,41). The first-order valence-corrected chi connectivity index (χ1v) is 14.8. The van der Waals surface area contributed by atoms with Gasteiger partial charge in [-0.2, -0.15) is 15.0 Å². The predicted molar refractivity (Wildman–Crippen MR) is 167 cm³/mol. The number of hydrogen-bond donors (Lipinski definition) is 1. The lowest BCUT2D eigenvalue weighted by Gasteiger charge is -2.46. The van der Waals surface area contributed by atoms with Gasteiger partial charge < -0.3 is 19.5 Å². The molecule has 0 atom stereocenters. The van der Waals surface area contributed by atoms with Gasteiger partial charge in [-0.15, -0.1) is 0 Å². The highest BCUT2D eigenvalue weighted by Crippen LogP contribution is 2.29. The highest BCUT2D eigenvalue weighted by Gasteiger charge is 2.37. The number of carbonyl (C=O) groups is 2. The summed E-state index contributed by atoms with van der Waals surface area (Å²) in [6.07, 6.45) is 15.8. The van der Waals surface area contributed by atoms with Crippen molar-refractivity contribution >= 4 is 29.2 Å². The second kappa shape index (κ2) is 14.3. The van der Waals surface area contributed by atoms with Crippen LogP contribution in [0.15, 0.2) is 76.9 Å². The van der Waals surface area contributed by atoms with E-state index in [0.29, 0.717) is 67.5 Å². The summed E-state index contributed by atoms with van der Waals surface area (Å²) in [5, 5.41) is 11.6. The molecule has 2 aliphatic rings. The Hall–Kier alpha value is -4.18. The van der Waals surface area contributed by atoms with Crippen LogP contribution in [0.25, 0.3) is 5.76 Å². The highest BCUT2D eigenvalue weighted by molar-refractivity contribution is 6.31. The molecule has 2 aromatic heterocycles. The number of carbonyl (C=O) groups excluding carboxylic acids is 2. The molecule has 1 saturated heterocycles. The van der Waals surface area contributed by atoms with Gasteiger partial charge in [0.25, 0.3) is 11.5 Å². The third-order valence-corrected chi connectivity index (χ3v) is 7.55. The predicted octanol–water partition coefficient (Wildman–Crippen LogP) is 4.24. The van der Waals surface area contributed by atoms with Gasteiger partial charge in [-0.25, -0.2) is 0 Å². The second-order valence-electron chi connectivity index (χ2n) is 11.5. The number of ether oxygens (including phenoxy) is 1. The fourth-order valence-corrected chi connectivity index (χ4v) is 5.10. The number of allylic oxidation sites excluding steroid dienone is 7. The zero-order valence-electron chi connectivity index (χ0n) is 25.0. The van der Waals surface area contributed by atoms with E-state index in [2.05, 4.69) is 35.9 Å². The van der Waals surface area contributed by atoms with Gasteiger partial charge in [-0.3, -0.25) is 14.4 Å². The van der Waals surface area contributed by atoms with Crippen LogP contribution in [0.1, 0.15) is 55.2 Å². The number of amides is 2. The number of fused-ring (bicyclic) bond motifs is 1. The summed E-state index contributed by atoms with van der Waals surface area (Å²) in [6.45, 7) is 11.9. The molecule has 1 N–H and O–H groups in total. The van der Waals surface area contributed by atoms with Crippen molar-refractivity contribution in [2.24, 2.45) is 5.41 Å². The molecule has 1 fully saturated rings. The topological polar surface area (TPSA) is 111 Å². The van der Waals surface area contributed by atoms with E-state index in [1.54, 1.807) is 35.5 Å². The lowest BCUT2D eigenvalue weighted by Crippen LogP contribution is -2.56. The molecule has 0 unspecified atom stereocenters. The van der Waals surface area contributed by atoms with Crippen molar-refractivity contribution in [1.82, 2.24) is 29.8 Å². The number of halogens is 1. The van der Waals surface area contributed by atoms with Gasteiger partial charge in [-0.05, 0) is 49.8 Å².